The number of hydrogen-bond acceptors (Lipinski definition) is 12. The van der Waals surface area contributed by atoms with Gasteiger partial charge in [-0.05, 0) is 33.9 Å². The fraction of sp³-hybridized carbons (Fsp3) is 0.125. The molecule has 16 heteroatoms. The van der Waals surface area contributed by atoms with Crippen molar-refractivity contribution in [3.8, 4) is 0 Å². The Balaban J connectivity index is 0.00000171. The standard InChI is InChI=1S/C16H12O10S3.3Na/c17-11-5-12(27-25-23-18)8-2-3-9-13(28-26-24-19)6-14(29(20,21)22)10-4-1-7(11)15(8)16(9)10;;;/h1-6,13,15,17-19H,(H,20,21,22);;;/q;3*+1/p-3. The van der Waals surface area contributed by atoms with Crippen LogP contribution in [0, 0.1) is 5.92 Å². The van der Waals surface area contributed by atoms with Gasteiger partial charge < -0.3 is 14.9 Å². The molecule has 0 heterocycles. The van der Waals surface area contributed by atoms with E-state index in [2.05, 4.69) is 18.7 Å². The topological polar surface area (TPSA) is 160 Å². The summed E-state index contributed by atoms with van der Waals surface area (Å²) in [7, 11) is -4.87. The van der Waals surface area contributed by atoms with Gasteiger partial charge in [0.2, 0.25) is 0 Å². The van der Waals surface area contributed by atoms with E-state index in [4.69, 9.17) is 5.26 Å². The maximum Gasteiger partial charge on any atom is 1.00 e. The van der Waals surface area contributed by atoms with E-state index in [1.54, 1.807) is 12.2 Å². The zero-order valence-corrected chi connectivity index (χ0v) is 25.4. The summed E-state index contributed by atoms with van der Waals surface area (Å²) >= 11 is 1.12. The van der Waals surface area contributed by atoms with Gasteiger partial charge in [-0.25, -0.2) is 13.7 Å². The van der Waals surface area contributed by atoms with Crippen molar-refractivity contribution in [3.63, 3.8) is 0 Å². The van der Waals surface area contributed by atoms with Gasteiger partial charge in [0, 0.05) is 22.9 Å². The second-order valence-electron chi connectivity index (χ2n) is 6.03. The molecule has 0 aromatic rings. The van der Waals surface area contributed by atoms with E-state index in [9.17, 15) is 23.3 Å². The fourth-order valence-electron chi connectivity index (χ4n) is 3.68. The van der Waals surface area contributed by atoms with Crippen LogP contribution in [0.25, 0.3) is 0 Å². The third-order valence-electron chi connectivity index (χ3n) is 4.68. The molecule has 4 rings (SSSR count). The predicted octanol–water partition coefficient (Wildman–Crippen LogP) is -8.39. The molecule has 0 saturated carbocycles. The monoisotopic (exact) mass is 526 g/mol. The molecule has 0 aromatic heterocycles. The minimum Gasteiger partial charge on any atom is -0.872 e. The molecule has 0 saturated heterocycles. The Morgan fingerprint density at radius 3 is 2.38 bits per heavy atom. The predicted molar refractivity (Wildman–Crippen MR) is 94.7 cm³/mol. The fourth-order valence-corrected chi connectivity index (χ4v) is 5.67. The molecule has 0 amide bonds. The molecule has 0 aliphatic heterocycles. The Morgan fingerprint density at radius 2 is 1.75 bits per heavy atom. The van der Waals surface area contributed by atoms with Crippen LogP contribution in [0.1, 0.15) is 0 Å². The van der Waals surface area contributed by atoms with E-state index < -0.39 is 26.2 Å². The van der Waals surface area contributed by atoms with Crippen molar-refractivity contribution in [2.45, 2.75) is 5.25 Å². The third-order valence-corrected chi connectivity index (χ3v) is 6.97. The Morgan fingerprint density at radius 1 is 1.06 bits per heavy atom. The van der Waals surface area contributed by atoms with Crippen LogP contribution in [-0.4, -0.2) is 23.5 Å². The summed E-state index contributed by atoms with van der Waals surface area (Å²) in [6.07, 6.45) is 8.67. The molecule has 10 nitrogen and oxygen atoms in total. The van der Waals surface area contributed by atoms with Crippen LogP contribution in [0.15, 0.2) is 79.9 Å². The van der Waals surface area contributed by atoms with Crippen molar-refractivity contribution < 1.29 is 136 Å². The van der Waals surface area contributed by atoms with Crippen LogP contribution in [0.3, 0.4) is 0 Å². The Kier molecular flexibility index (Phi) is 12.8. The van der Waals surface area contributed by atoms with Gasteiger partial charge in [-0.1, -0.05) is 35.4 Å². The van der Waals surface area contributed by atoms with Crippen LogP contribution in [0.4, 0.5) is 0 Å². The average Bonchev–Trinajstić information content (AvgIpc) is 2.69. The normalized spacial score (nSPS) is 23.0. The van der Waals surface area contributed by atoms with Gasteiger partial charge >= 0.3 is 88.7 Å². The first-order chi connectivity index (χ1) is 13.9. The maximum absolute atomic E-state index is 12.6. The van der Waals surface area contributed by atoms with Crippen molar-refractivity contribution in [1.82, 2.24) is 0 Å². The van der Waals surface area contributed by atoms with Gasteiger partial charge in [0.1, 0.15) is 10.1 Å². The van der Waals surface area contributed by atoms with Gasteiger partial charge in [-0.3, -0.25) is 5.04 Å². The summed E-state index contributed by atoms with van der Waals surface area (Å²) in [6.45, 7) is 0. The largest absolute Gasteiger partial charge is 1.00 e. The molecule has 2 atom stereocenters. The van der Waals surface area contributed by atoms with Crippen LogP contribution in [0.5, 0.6) is 0 Å². The summed E-state index contributed by atoms with van der Waals surface area (Å²) < 4.78 is 44.4. The van der Waals surface area contributed by atoms with E-state index in [0.717, 1.165) is 0 Å². The van der Waals surface area contributed by atoms with Crippen molar-refractivity contribution in [2.24, 2.45) is 5.92 Å². The first-order valence-corrected chi connectivity index (χ1v) is 10.7. The summed E-state index contributed by atoms with van der Waals surface area (Å²) in [4.78, 5) is -0.154. The van der Waals surface area contributed by atoms with Crippen LogP contribution in [0.2, 0.25) is 0 Å². The molecule has 1 N–H and O–H groups in total. The van der Waals surface area contributed by atoms with Crippen molar-refractivity contribution >= 4 is 34.2 Å². The van der Waals surface area contributed by atoms with E-state index in [0.29, 0.717) is 51.3 Å². The number of allylic oxidation sites excluding steroid dienone is 9. The Labute approximate surface area is 257 Å². The smallest absolute Gasteiger partial charge is 0.872 e. The third kappa shape index (κ3) is 6.00. The maximum atomic E-state index is 12.6. The SMILES string of the molecule is O=S(=O)([O-])C1=CC(SOO[O-])C2=CC=C3C(SOOO)=CC([O-])=C4C=CC1=C2C34.[Na+].[Na+].[Na+]. The minimum atomic E-state index is -4.87. The molecule has 4 aliphatic rings. The zero-order valence-electron chi connectivity index (χ0n) is 17.0. The molecule has 4 aliphatic carbocycles. The summed E-state index contributed by atoms with van der Waals surface area (Å²) in [5.41, 5.74) is 2.07. The van der Waals surface area contributed by atoms with Crippen LogP contribution < -0.4 is 99.0 Å². The molecule has 0 radical (unpaired) electrons. The van der Waals surface area contributed by atoms with Crippen LogP contribution in [-0.2, 0) is 28.9 Å². The Hall–Kier alpha value is 1.35. The molecule has 0 fully saturated rings. The number of rotatable bonds is 7. The average molecular weight is 526 g/mol. The van der Waals surface area contributed by atoms with Crippen molar-refractivity contribution in [3.05, 3.63) is 79.9 Å². The summed E-state index contributed by atoms with van der Waals surface area (Å²) in [5, 5.41) is 37.4. The van der Waals surface area contributed by atoms with Crippen molar-refractivity contribution in [2.75, 3.05) is 0 Å². The van der Waals surface area contributed by atoms with Crippen LogP contribution >= 0.6 is 24.1 Å². The summed E-state index contributed by atoms with van der Waals surface area (Å²) in [6, 6.07) is 0. The molecule has 32 heavy (non-hydrogen) atoms. The van der Waals surface area contributed by atoms with Gasteiger partial charge in [-0.15, -0.1) is 10.1 Å². The number of hydrogen-bond donors (Lipinski definition) is 1. The van der Waals surface area contributed by atoms with E-state index in [1.165, 1.54) is 24.3 Å². The zero-order chi connectivity index (χ0) is 20.8. The van der Waals surface area contributed by atoms with E-state index in [1.807, 2.05) is 0 Å². The minimum absolute atomic E-state index is 0. The molecule has 0 spiro atoms. The molecule has 0 aromatic carbocycles. The molecule has 2 unspecified atom stereocenters. The second kappa shape index (κ2) is 13.1. The van der Waals surface area contributed by atoms with Gasteiger partial charge in [0.05, 0.1) is 22.2 Å². The first-order valence-electron chi connectivity index (χ1n) is 7.79. The molecule has 154 valence electrons. The first kappa shape index (κ1) is 31.4. The van der Waals surface area contributed by atoms with Gasteiger partial charge in [-0.2, -0.15) is 4.33 Å². The molecular weight excluding hydrogens is 517 g/mol. The second-order valence-corrected chi connectivity index (χ2v) is 8.96. The van der Waals surface area contributed by atoms with Gasteiger partial charge in [0.15, 0.2) is 0 Å². The Bertz CT molecular complexity index is 1090. The quantitative estimate of drug-likeness (QED) is 0.110. The summed E-state index contributed by atoms with van der Waals surface area (Å²) in [5.74, 6) is -1.04. The van der Waals surface area contributed by atoms with Crippen molar-refractivity contribution in [1.29, 1.82) is 0 Å². The van der Waals surface area contributed by atoms with E-state index >= 15 is 0 Å². The van der Waals surface area contributed by atoms with Gasteiger partial charge in [0.25, 0.3) is 0 Å². The molecular formula is C16H9Na3O10S3. The van der Waals surface area contributed by atoms with E-state index in [-0.39, 0.29) is 100 Å². The molecule has 0 bridgehead atoms.